The van der Waals surface area contributed by atoms with Crippen LogP contribution in [0.4, 0.5) is 0 Å². The first-order chi connectivity index (χ1) is 14.1. The normalized spacial score (nSPS) is 25.0. The topological polar surface area (TPSA) is 0 Å². The van der Waals surface area contributed by atoms with Crippen molar-refractivity contribution in [1.29, 1.82) is 0 Å². The van der Waals surface area contributed by atoms with Gasteiger partial charge in [-0.05, 0) is 69.2 Å². The molecule has 1 aliphatic rings. The largest absolute Gasteiger partial charge is 0.730 e. The third kappa shape index (κ3) is 6.06. The molecular formula is C20H50N5Si5+5. The van der Waals surface area contributed by atoms with Gasteiger partial charge in [-0.1, -0.05) is 0 Å². The molecule has 0 aromatic heterocycles. The highest BCUT2D eigenvalue weighted by Gasteiger charge is 2.67. The zero-order valence-electron chi connectivity index (χ0n) is 21.8. The van der Waals surface area contributed by atoms with Crippen LogP contribution in [-0.4, -0.2) is 134 Å². The number of quaternary nitrogens is 5. The number of nitrogens with zero attached hydrogens (tertiary/aromatic N) is 5. The summed E-state index contributed by atoms with van der Waals surface area (Å²) in [6.07, 6.45) is 0. The van der Waals surface area contributed by atoms with Crippen molar-refractivity contribution in [3.8, 4) is 0 Å². The molecule has 0 unspecified atom stereocenters. The Balaban J connectivity index is 3.78. The lowest BCUT2D eigenvalue weighted by molar-refractivity contribution is -0.927. The molecule has 1 rings (SSSR count). The van der Waals surface area contributed by atoms with E-state index in [0.717, 1.165) is 49.2 Å². The summed E-state index contributed by atoms with van der Waals surface area (Å²) in [6.45, 7) is 37.7. The van der Waals surface area contributed by atoms with Crippen LogP contribution in [0, 0.1) is 0 Å². The van der Waals surface area contributed by atoms with Crippen LogP contribution < -0.4 is 0 Å². The Hall–Kier alpha value is 0.884. The standard InChI is InChI=1S/C20H50N5Si5/c1-11-21(12-2)26-22(13-3,14-4)28-24(17-7,18-8)30-25(19-9,20-10)29-23(15-5,16-6)27-21/h11-20H2,1-10H3/q+5. The highest BCUT2D eigenvalue weighted by Crippen LogP contribution is 2.24. The van der Waals surface area contributed by atoms with Crippen molar-refractivity contribution in [3.63, 3.8) is 0 Å². The van der Waals surface area contributed by atoms with E-state index in [2.05, 4.69) is 69.2 Å². The maximum Gasteiger partial charge on any atom is 0.730 e. The van der Waals surface area contributed by atoms with Gasteiger partial charge in [-0.2, -0.15) is 0 Å². The fourth-order valence-electron chi connectivity index (χ4n) is 4.48. The fraction of sp³-hybridized carbons (Fsp3) is 1.00. The molecule has 5 nitrogen and oxygen atoms in total. The molecule has 30 heavy (non-hydrogen) atoms. The van der Waals surface area contributed by atoms with E-state index in [1.54, 1.807) is 0 Å². The summed E-state index contributed by atoms with van der Waals surface area (Å²) in [6, 6.07) is 0. The summed E-state index contributed by atoms with van der Waals surface area (Å²) in [7, 11) is 5.02. The summed E-state index contributed by atoms with van der Waals surface area (Å²) < 4.78 is 6.70. The van der Waals surface area contributed by atoms with Gasteiger partial charge in [0.1, 0.15) is 0 Å². The molecule has 0 amide bonds. The van der Waals surface area contributed by atoms with Crippen molar-refractivity contribution in [2.24, 2.45) is 0 Å². The predicted octanol–water partition coefficient (Wildman–Crippen LogP) is 1.95. The Kier molecular flexibility index (Phi) is 11.4. The lowest BCUT2D eigenvalue weighted by atomic mass is 10.6. The molecule has 10 radical (unpaired) electrons. The van der Waals surface area contributed by atoms with Crippen LogP contribution in [0.2, 0.25) is 0 Å². The lowest BCUT2D eigenvalue weighted by Gasteiger charge is -2.50. The fourth-order valence-corrected chi connectivity index (χ4v) is 19.1. The van der Waals surface area contributed by atoms with Crippen LogP contribution in [0.5, 0.6) is 0 Å². The minimum absolute atomic E-state index is 1.00. The summed E-state index contributed by atoms with van der Waals surface area (Å²) in [4.78, 5) is 0. The first kappa shape index (κ1) is 28.9. The molecule has 0 bridgehead atoms. The Morgan fingerprint density at radius 1 is 0.267 bits per heavy atom. The number of hydrogen-bond donors (Lipinski definition) is 0. The molecule has 1 saturated heterocycles. The molecule has 0 N–H and O–H groups in total. The van der Waals surface area contributed by atoms with Gasteiger partial charge in [0.05, 0.1) is 65.4 Å². The minimum Gasteiger partial charge on any atom is -0.328 e. The van der Waals surface area contributed by atoms with E-state index in [-0.39, 0.29) is 0 Å². The minimum atomic E-state index is 1.00. The molecule has 170 valence electrons. The van der Waals surface area contributed by atoms with Crippen molar-refractivity contribution >= 4 is 49.2 Å². The SMILES string of the molecule is CC[N+]1(CC)[Si][N+](CC)(CC)[Si][N+](CC)(CC)[Si][N+](CC)(CC)[Si][N+](CC)(CC)[Si]1. The summed E-state index contributed by atoms with van der Waals surface area (Å²) in [5, 5.41) is 0. The Bertz CT molecular complexity index is 377. The highest BCUT2D eigenvalue weighted by atomic mass is 28.4. The van der Waals surface area contributed by atoms with E-state index in [1.807, 2.05) is 0 Å². The van der Waals surface area contributed by atoms with Crippen molar-refractivity contribution in [3.05, 3.63) is 0 Å². The van der Waals surface area contributed by atoms with Crippen LogP contribution in [0.3, 0.4) is 0 Å². The van der Waals surface area contributed by atoms with Gasteiger partial charge in [0, 0.05) is 0 Å². The van der Waals surface area contributed by atoms with Gasteiger partial charge >= 0.3 is 49.2 Å². The Morgan fingerprint density at radius 3 is 0.433 bits per heavy atom. The molecular weight excluding hydrogens is 451 g/mol. The Labute approximate surface area is 202 Å². The molecule has 0 aromatic rings. The second-order valence-electron chi connectivity index (χ2n) is 8.50. The third-order valence-corrected chi connectivity index (χ3v) is 20.5. The van der Waals surface area contributed by atoms with E-state index >= 15 is 0 Å². The lowest BCUT2D eigenvalue weighted by Crippen LogP contribution is -2.84. The second-order valence-corrected chi connectivity index (χ2v) is 20.3. The highest BCUT2D eigenvalue weighted by molar-refractivity contribution is 6.47. The van der Waals surface area contributed by atoms with Crippen molar-refractivity contribution in [2.75, 3.05) is 65.4 Å². The van der Waals surface area contributed by atoms with Crippen molar-refractivity contribution in [1.82, 2.24) is 0 Å². The zero-order valence-corrected chi connectivity index (χ0v) is 26.8. The second kappa shape index (κ2) is 11.8. The quantitative estimate of drug-likeness (QED) is 0.402. The molecule has 1 fully saturated rings. The van der Waals surface area contributed by atoms with Crippen LogP contribution >= 0.6 is 0 Å². The van der Waals surface area contributed by atoms with Gasteiger partial charge in [0.15, 0.2) is 0 Å². The predicted molar refractivity (Wildman–Crippen MR) is 135 cm³/mol. The smallest absolute Gasteiger partial charge is 0.328 e. The Morgan fingerprint density at radius 2 is 0.367 bits per heavy atom. The van der Waals surface area contributed by atoms with E-state index in [0.29, 0.717) is 0 Å². The summed E-state index contributed by atoms with van der Waals surface area (Å²) in [5.41, 5.74) is 0. The maximum absolute atomic E-state index is 2.48. The first-order valence-electron chi connectivity index (χ1n) is 12.5. The molecule has 0 saturated carbocycles. The number of rotatable bonds is 10. The molecule has 0 atom stereocenters. The molecule has 0 aromatic carbocycles. The zero-order chi connectivity index (χ0) is 23.1. The first-order valence-corrected chi connectivity index (χ1v) is 16.9. The molecule has 1 aliphatic heterocycles. The van der Waals surface area contributed by atoms with Crippen LogP contribution in [0.25, 0.3) is 0 Å². The van der Waals surface area contributed by atoms with E-state index in [9.17, 15) is 0 Å². The van der Waals surface area contributed by atoms with Gasteiger partial charge in [-0.3, -0.25) is 0 Å². The van der Waals surface area contributed by atoms with E-state index in [4.69, 9.17) is 0 Å². The van der Waals surface area contributed by atoms with Crippen molar-refractivity contribution in [2.45, 2.75) is 69.2 Å². The number of hydrogen-bond acceptors (Lipinski definition) is 0. The van der Waals surface area contributed by atoms with Gasteiger partial charge in [-0.15, -0.1) is 0 Å². The van der Waals surface area contributed by atoms with Gasteiger partial charge in [0.25, 0.3) is 0 Å². The molecule has 1 heterocycles. The average Bonchev–Trinajstić information content (AvgIpc) is 2.81. The van der Waals surface area contributed by atoms with Gasteiger partial charge in [0.2, 0.25) is 0 Å². The average molecular weight is 501 g/mol. The molecule has 10 heteroatoms. The van der Waals surface area contributed by atoms with Crippen LogP contribution in [0.15, 0.2) is 0 Å². The summed E-state index contributed by atoms with van der Waals surface area (Å²) >= 11 is 0. The van der Waals surface area contributed by atoms with Crippen LogP contribution in [0.1, 0.15) is 69.2 Å². The molecule has 0 spiro atoms. The van der Waals surface area contributed by atoms with Crippen LogP contribution in [-0.2, 0) is 0 Å². The van der Waals surface area contributed by atoms with E-state index < -0.39 is 0 Å². The van der Waals surface area contributed by atoms with E-state index in [1.165, 1.54) is 84.5 Å². The third-order valence-electron chi connectivity index (χ3n) is 7.31. The molecule has 0 aliphatic carbocycles. The monoisotopic (exact) mass is 500 g/mol. The maximum atomic E-state index is 2.48. The van der Waals surface area contributed by atoms with Crippen molar-refractivity contribution < 1.29 is 19.1 Å². The summed E-state index contributed by atoms with van der Waals surface area (Å²) in [5.74, 6) is 0. The van der Waals surface area contributed by atoms with Gasteiger partial charge in [-0.25, -0.2) is 0 Å². The van der Waals surface area contributed by atoms with Gasteiger partial charge < -0.3 is 19.1 Å².